The second kappa shape index (κ2) is 4.53. The van der Waals surface area contributed by atoms with E-state index in [-0.39, 0.29) is 6.29 Å². The van der Waals surface area contributed by atoms with Crippen LogP contribution in [0.4, 0.5) is 5.69 Å². The van der Waals surface area contributed by atoms with Crippen molar-refractivity contribution in [1.82, 2.24) is 9.80 Å². The van der Waals surface area contributed by atoms with Gasteiger partial charge in [-0.15, -0.1) is 5.11 Å². The first-order valence-corrected chi connectivity index (χ1v) is 5.33. The van der Waals surface area contributed by atoms with Crippen molar-refractivity contribution in [3.8, 4) is 0 Å². The van der Waals surface area contributed by atoms with E-state index in [1.54, 1.807) is 12.1 Å². The Labute approximate surface area is 99.8 Å². The fourth-order valence-corrected chi connectivity index (χ4v) is 1.57. The minimum Gasteiger partial charge on any atom is -0.340 e. The topological polar surface area (TPSA) is 31.2 Å². The maximum atomic E-state index is 5.79. The van der Waals surface area contributed by atoms with E-state index in [1.807, 2.05) is 48.4 Å². The number of hydrogen-bond donors (Lipinski definition) is 0. The number of nitrogens with zero attached hydrogens (tertiary/aromatic N) is 4. The molecule has 0 N–H and O–H groups in total. The lowest BCUT2D eigenvalue weighted by Gasteiger charge is -2.21. The predicted molar refractivity (Wildman–Crippen MR) is 64.4 cm³/mol. The normalized spacial score (nSPS) is 16.7. The molecule has 1 aliphatic heterocycles. The van der Waals surface area contributed by atoms with E-state index in [0.717, 1.165) is 5.69 Å². The van der Waals surface area contributed by atoms with E-state index in [9.17, 15) is 0 Å². The van der Waals surface area contributed by atoms with Crippen LogP contribution in [0.15, 0.2) is 46.9 Å². The third-order valence-electron chi connectivity index (χ3n) is 2.37. The molecule has 0 amide bonds. The van der Waals surface area contributed by atoms with Crippen molar-refractivity contribution in [2.45, 2.75) is 6.29 Å². The van der Waals surface area contributed by atoms with Crippen molar-refractivity contribution in [3.05, 3.63) is 41.7 Å². The van der Waals surface area contributed by atoms with Gasteiger partial charge in [0.1, 0.15) is 0 Å². The van der Waals surface area contributed by atoms with E-state index in [0.29, 0.717) is 5.02 Å². The summed E-state index contributed by atoms with van der Waals surface area (Å²) in [6.07, 6.45) is 3.87. The molecule has 0 saturated heterocycles. The first-order valence-electron chi connectivity index (χ1n) is 4.95. The molecule has 5 heteroatoms. The molecule has 84 valence electrons. The standard InChI is InChI=1S/C11H13ClN4/c1-15-7-8-16(2)11(15)14-13-10-5-3-9(12)4-6-10/h3-8,11H,1-2H3. The van der Waals surface area contributed by atoms with Crippen molar-refractivity contribution in [2.24, 2.45) is 10.2 Å². The minimum absolute atomic E-state index is 0.0596. The molecule has 0 unspecified atom stereocenters. The van der Waals surface area contributed by atoms with Gasteiger partial charge in [0.15, 0.2) is 0 Å². The van der Waals surface area contributed by atoms with Crippen LogP contribution >= 0.6 is 11.6 Å². The number of benzene rings is 1. The minimum atomic E-state index is -0.0596. The van der Waals surface area contributed by atoms with E-state index in [4.69, 9.17) is 11.6 Å². The molecule has 1 aromatic carbocycles. The van der Waals surface area contributed by atoms with Crippen molar-refractivity contribution < 1.29 is 0 Å². The first kappa shape index (κ1) is 11.0. The first-order chi connectivity index (χ1) is 7.66. The van der Waals surface area contributed by atoms with E-state index in [2.05, 4.69) is 10.2 Å². The Balaban J connectivity index is 2.07. The summed E-state index contributed by atoms with van der Waals surface area (Å²) in [4.78, 5) is 3.97. The summed E-state index contributed by atoms with van der Waals surface area (Å²) in [5.74, 6) is 0. The van der Waals surface area contributed by atoms with Gasteiger partial charge in [-0.05, 0) is 24.3 Å². The van der Waals surface area contributed by atoms with Gasteiger partial charge in [0, 0.05) is 31.5 Å². The molecule has 0 saturated carbocycles. The molecule has 4 nitrogen and oxygen atoms in total. The van der Waals surface area contributed by atoms with Crippen LogP contribution in [0.1, 0.15) is 0 Å². The Hall–Kier alpha value is -1.55. The molecule has 0 aromatic heterocycles. The van der Waals surface area contributed by atoms with Gasteiger partial charge in [-0.2, -0.15) is 5.11 Å². The quantitative estimate of drug-likeness (QED) is 0.739. The summed E-state index contributed by atoms with van der Waals surface area (Å²) in [6, 6.07) is 7.29. The van der Waals surface area contributed by atoms with Gasteiger partial charge >= 0.3 is 0 Å². The Morgan fingerprint density at radius 3 is 2.19 bits per heavy atom. The highest BCUT2D eigenvalue weighted by Gasteiger charge is 2.18. The second-order valence-corrected chi connectivity index (χ2v) is 4.10. The lowest BCUT2D eigenvalue weighted by molar-refractivity contribution is 0.206. The largest absolute Gasteiger partial charge is 0.340 e. The van der Waals surface area contributed by atoms with Gasteiger partial charge in [-0.3, -0.25) is 0 Å². The fourth-order valence-electron chi connectivity index (χ4n) is 1.44. The van der Waals surface area contributed by atoms with Gasteiger partial charge in [-0.1, -0.05) is 11.6 Å². The Bertz CT molecular complexity index is 400. The van der Waals surface area contributed by atoms with Crippen LogP contribution < -0.4 is 0 Å². The third-order valence-corrected chi connectivity index (χ3v) is 2.62. The number of hydrogen-bond acceptors (Lipinski definition) is 4. The van der Waals surface area contributed by atoms with Gasteiger partial charge in [0.05, 0.1) is 5.69 Å². The predicted octanol–water partition coefficient (Wildman–Crippen LogP) is 3.06. The lowest BCUT2D eigenvalue weighted by Crippen LogP contribution is -2.31. The van der Waals surface area contributed by atoms with E-state index < -0.39 is 0 Å². The molecule has 0 atom stereocenters. The molecule has 0 radical (unpaired) electrons. The summed E-state index contributed by atoms with van der Waals surface area (Å²) in [6.45, 7) is 0. The van der Waals surface area contributed by atoms with Crippen molar-refractivity contribution >= 4 is 17.3 Å². The smallest absolute Gasteiger partial charge is 0.217 e. The second-order valence-electron chi connectivity index (χ2n) is 3.67. The molecule has 0 bridgehead atoms. The van der Waals surface area contributed by atoms with Crippen LogP contribution in [-0.2, 0) is 0 Å². The Kier molecular flexibility index (Phi) is 3.10. The fraction of sp³-hybridized carbons (Fsp3) is 0.273. The molecule has 0 spiro atoms. The molecule has 0 fully saturated rings. The maximum Gasteiger partial charge on any atom is 0.217 e. The average molecular weight is 237 g/mol. The summed E-state index contributed by atoms with van der Waals surface area (Å²) in [5, 5.41) is 9.13. The summed E-state index contributed by atoms with van der Waals surface area (Å²) in [5.41, 5.74) is 0.804. The molecule has 16 heavy (non-hydrogen) atoms. The van der Waals surface area contributed by atoms with E-state index in [1.165, 1.54) is 0 Å². The Morgan fingerprint density at radius 1 is 1.06 bits per heavy atom. The number of rotatable bonds is 2. The molecule has 2 rings (SSSR count). The molecule has 1 heterocycles. The van der Waals surface area contributed by atoms with Crippen molar-refractivity contribution in [3.63, 3.8) is 0 Å². The number of azo groups is 1. The van der Waals surface area contributed by atoms with E-state index >= 15 is 0 Å². The molecular formula is C11H13ClN4. The SMILES string of the molecule is CN1C=CN(C)C1N=Nc1ccc(Cl)cc1. The van der Waals surface area contributed by atoms with Crippen LogP contribution in [0.2, 0.25) is 5.02 Å². The average Bonchev–Trinajstić information content (AvgIpc) is 2.59. The summed E-state index contributed by atoms with van der Waals surface area (Å²) >= 11 is 5.79. The highest BCUT2D eigenvalue weighted by molar-refractivity contribution is 6.30. The number of halogens is 1. The maximum absolute atomic E-state index is 5.79. The zero-order valence-electron chi connectivity index (χ0n) is 9.21. The van der Waals surface area contributed by atoms with Crippen LogP contribution in [0, 0.1) is 0 Å². The van der Waals surface area contributed by atoms with Crippen LogP contribution in [0.3, 0.4) is 0 Å². The summed E-state index contributed by atoms with van der Waals surface area (Å²) in [7, 11) is 3.93. The highest BCUT2D eigenvalue weighted by Crippen LogP contribution is 2.19. The zero-order chi connectivity index (χ0) is 11.5. The molecule has 0 aliphatic carbocycles. The highest BCUT2D eigenvalue weighted by atomic mass is 35.5. The monoisotopic (exact) mass is 236 g/mol. The van der Waals surface area contributed by atoms with Crippen molar-refractivity contribution in [1.29, 1.82) is 0 Å². The summed E-state index contributed by atoms with van der Waals surface area (Å²) < 4.78 is 0. The lowest BCUT2D eigenvalue weighted by atomic mass is 10.3. The molecule has 1 aromatic rings. The molecular weight excluding hydrogens is 224 g/mol. The van der Waals surface area contributed by atoms with Crippen molar-refractivity contribution in [2.75, 3.05) is 14.1 Å². The van der Waals surface area contributed by atoms with Gasteiger partial charge < -0.3 is 9.80 Å². The zero-order valence-corrected chi connectivity index (χ0v) is 9.96. The van der Waals surface area contributed by atoms with Crippen LogP contribution in [0.5, 0.6) is 0 Å². The van der Waals surface area contributed by atoms with Gasteiger partial charge in [0.25, 0.3) is 0 Å². The Morgan fingerprint density at radius 2 is 1.62 bits per heavy atom. The van der Waals surface area contributed by atoms with Crippen LogP contribution in [-0.4, -0.2) is 30.2 Å². The van der Waals surface area contributed by atoms with Gasteiger partial charge in [-0.25, -0.2) is 0 Å². The third kappa shape index (κ3) is 2.33. The molecule has 1 aliphatic rings. The van der Waals surface area contributed by atoms with Gasteiger partial charge in [0.2, 0.25) is 6.29 Å². The van der Waals surface area contributed by atoms with Crippen LogP contribution in [0.25, 0.3) is 0 Å².